The largest absolute Gasteiger partial charge is 0.312 e. The molecule has 2 heteroatoms. The van der Waals surface area contributed by atoms with E-state index in [4.69, 9.17) is 11.6 Å². The van der Waals surface area contributed by atoms with Crippen molar-refractivity contribution < 1.29 is 0 Å². The highest BCUT2D eigenvalue weighted by molar-refractivity contribution is 6.30. The quantitative estimate of drug-likeness (QED) is 0.668. The first-order valence-corrected chi connectivity index (χ1v) is 9.57. The summed E-state index contributed by atoms with van der Waals surface area (Å²) in [7, 11) is 0. The summed E-state index contributed by atoms with van der Waals surface area (Å²) in [6.07, 6.45) is 7.11. The van der Waals surface area contributed by atoms with E-state index >= 15 is 0 Å². The number of hydrogen-bond donors (Lipinski definition) is 1. The zero-order chi connectivity index (χ0) is 16.8. The molecule has 0 aliphatic heterocycles. The van der Waals surface area contributed by atoms with Crippen LogP contribution in [0.15, 0.2) is 42.5 Å². The molecule has 1 N–H and O–H groups in total. The summed E-state index contributed by atoms with van der Waals surface area (Å²) in [6, 6.07) is 17.7. The maximum atomic E-state index is 5.98. The maximum Gasteiger partial charge on any atom is 0.0406 e. The van der Waals surface area contributed by atoms with E-state index in [2.05, 4.69) is 42.6 Å². The van der Waals surface area contributed by atoms with E-state index in [1.165, 1.54) is 48.8 Å². The molecule has 1 radical (unpaired) electrons. The average molecular weight is 341 g/mol. The van der Waals surface area contributed by atoms with Gasteiger partial charge in [-0.05, 0) is 59.3 Å². The summed E-state index contributed by atoms with van der Waals surface area (Å²) in [6.45, 7) is 4.39. The summed E-state index contributed by atoms with van der Waals surface area (Å²) in [5.41, 5.74) is 3.64. The molecule has 0 amide bonds. The van der Waals surface area contributed by atoms with Crippen LogP contribution in [-0.2, 0) is 6.54 Å². The van der Waals surface area contributed by atoms with E-state index in [9.17, 15) is 0 Å². The minimum Gasteiger partial charge on any atom is -0.312 e. The van der Waals surface area contributed by atoms with Gasteiger partial charge in [0.2, 0.25) is 0 Å². The Morgan fingerprint density at radius 2 is 1.83 bits per heavy atom. The molecule has 0 bridgehead atoms. The topological polar surface area (TPSA) is 12.0 Å². The Balaban J connectivity index is 1.54. The summed E-state index contributed by atoms with van der Waals surface area (Å²) < 4.78 is 0. The Labute approximate surface area is 151 Å². The Morgan fingerprint density at radius 3 is 2.58 bits per heavy atom. The predicted molar refractivity (Wildman–Crippen MR) is 103 cm³/mol. The van der Waals surface area contributed by atoms with Gasteiger partial charge in [-0.15, -0.1) is 0 Å². The SMILES string of the molecule is CC(CNCc1[c]ccc(-c2ccc(Cl)cc2)c1)C1CCCCC1. The third-order valence-electron chi connectivity index (χ3n) is 5.28. The van der Waals surface area contributed by atoms with Gasteiger partial charge in [-0.25, -0.2) is 0 Å². The lowest BCUT2D eigenvalue weighted by Gasteiger charge is -2.27. The van der Waals surface area contributed by atoms with Crippen LogP contribution in [0.2, 0.25) is 5.02 Å². The molecule has 1 saturated carbocycles. The molecule has 1 atom stereocenters. The molecule has 1 fully saturated rings. The van der Waals surface area contributed by atoms with Crippen molar-refractivity contribution in [2.75, 3.05) is 6.54 Å². The zero-order valence-corrected chi connectivity index (χ0v) is 15.3. The van der Waals surface area contributed by atoms with E-state index in [0.717, 1.165) is 29.9 Å². The monoisotopic (exact) mass is 340 g/mol. The van der Waals surface area contributed by atoms with Crippen LogP contribution in [0.25, 0.3) is 11.1 Å². The number of halogens is 1. The number of nitrogens with one attached hydrogen (secondary N) is 1. The molecular weight excluding hydrogens is 314 g/mol. The Bertz CT molecular complexity index is 629. The van der Waals surface area contributed by atoms with Gasteiger partial charge in [-0.2, -0.15) is 0 Å². The van der Waals surface area contributed by atoms with Gasteiger partial charge in [0.25, 0.3) is 0 Å². The summed E-state index contributed by atoms with van der Waals surface area (Å²) in [4.78, 5) is 0. The van der Waals surface area contributed by atoms with Crippen LogP contribution < -0.4 is 5.32 Å². The average Bonchev–Trinajstić information content (AvgIpc) is 2.63. The first kappa shape index (κ1) is 17.5. The van der Waals surface area contributed by atoms with Gasteiger partial charge in [0.15, 0.2) is 0 Å². The van der Waals surface area contributed by atoms with Gasteiger partial charge in [0.05, 0.1) is 0 Å². The lowest BCUT2D eigenvalue weighted by atomic mass is 9.81. The minimum absolute atomic E-state index is 0.768. The maximum absolute atomic E-state index is 5.98. The van der Waals surface area contributed by atoms with Gasteiger partial charge < -0.3 is 5.32 Å². The van der Waals surface area contributed by atoms with Crippen LogP contribution in [0.3, 0.4) is 0 Å². The highest BCUT2D eigenvalue weighted by Crippen LogP contribution is 2.29. The number of hydrogen-bond acceptors (Lipinski definition) is 1. The van der Waals surface area contributed by atoms with Gasteiger partial charge in [-0.1, -0.05) is 74.9 Å². The van der Waals surface area contributed by atoms with Gasteiger partial charge >= 0.3 is 0 Å². The first-order valence-electron chi connectivity index (χ1n) is 9.19. The van der Waals surface area contributed by atoms with Crippen LogP contribution in [0, 0.1) is 17.9 Å². The van der Waals surface area contributed by atoms with E-state index in [1.54, 1.807) is 0 Å². The lowest BCUT2D eigenvalue weighted by molar-refractivity contribution is 0.256. The van der Waals surface area contributed by atoms with E-state index < -0.39 is 0 Å². The van der Waals surface area contributed by atoms with Crippen LogP contribution in [0.1, 0.15) is 44.6 Å². The number of rotatable bonds is 6. The molecule has 127 valence electrons. The lowest BCUT2D eigenvalue weighted by Crippen LogP contribution is -2.27. The third kappa shape index (κ3) is 4.84. The summed E-state index contributed by atoms with van der Waals surface area (Å²) in [5, 5.41) is 4.41. The Hall–Kier alpha value is -1.31. The molecule has 2 aromatic carbocycles. The molecule has 3 rings (SSSR count). The Kier molecular flexibility index (Phi) is 6.34. The molecule has 0 saturated heterocycles. The van der Waals surface area contributed by atoms with Crippen molar-refractivity contribution in [3.63, 3.8) is 0 Å². The molecule has 1 unspecified atom stereocenters. The van der Waals surface area contributed by atoms with Crippen LogP contribution in [0.4, 0.5) is 0 Å². The van der Waals surface area contributed by atoms with Crippen molar-refractivity contribution in [1.29, 1.82) is 0 Å². The second-order valence-electron chi connectivity index (χ2n) is 7.12. The normalized spacial score (nSPS) is 16.9. The summed E-state index contributed by atoms with van der Waals surface area (Å²) in [5.74, 6) is 1.68. The molecule has 1 aliphatic rings. The van der Waals surface area contributed by atoms with Crippen molar-refractivity contribution in [3.05, 3.63) is 59.1 Å². The standard InChI is InChI=1S/C22H27ClN/c1-17(19-7-3-2-4-8-19)15-24-16-18-6-5-9-21(14-18)20-10-12-22(23)13-11-20/h5,9-14,17,19,24H,2-4,7-8,15-16H2,1H3. The fraction of sp³-hybridized carbons (Fsp3) is 0.455. The highest BCUT2D eigenvalue weighted by Gasteiger charge is 2.19. The van der Waals surface area contributed by atoms with Crippen LogP contribution in [-0.4, -0.2) is 6.54 Å². The molecule has 2 aromatic rings. The van der Waals surface area contributed by atoms with Gasteiger partial charge in [0, 0.05) is 11.6 Å². The fourth-order valence-electron chi connectivity index (χ4n) is 3.74. The molecular formula is C22H27ClN. The molecule has 0 heterocycles. The van der Waals surface area contributed by atoms with Crippen molar-refractivity contribution >= 4 is 11.6 Å². The zero-order valence-electron chi connectivity index (χ0n) is 14.5. The molecule has 0 spiro atoms. The van der Waals surface area contributed by atoms with Crippen molar-refractivity contribution in [2.24, 2.45) is 11.8 Å². The third-order valence-corrected chi connectivity index (χ3v) is 5.53. The van der Waals surface area contributed by atoms with Crippen LogP contribution >= 0.6 is 11.6 Å². The second kappa shape index (κ2) is 8.69. The van der Waals surface area contributed by atoms with Crippen LogP contribution in [0.5, 0.6) is 0 Å². The fourth-order valence-corrected chi connectivity index (χ4v) is 3.87. The van der Waals surface area contributed by atoms with Gasteiger partial charge in [-0.3, -0.25) is 0 Å². The predicted octanol–water partition coefficient (Wildman–Crippen LogP) is 6.11. The van der Waals surface area contributed by atoms with E-state index in [-0.39, 0.29) is 0 Å². The van der Waals surface area contributed by atoms with E-state index in [0.29, 0.717) is 0 Å². The molecule has 1 nitrogen and oxygen atoms in total. The van der Waals surface area contributed by atoms with E-state index in [1.807, 2.05) is 18.2 Å². The van der Waals surface area contributed by atoms with Gasteiger partial charge in [0.1, 0.15) is 0 Å². The Morgan fingerprint density at radius 1 is 1.08 bits per heavy atom. The van der Waals surface area contributed by atoms with Crippen molar-refractivity contribution in [3.8, 4) is 11.1 Å². The number of benzene rings is 2. The highest BCUT2D eigenvalue weighted by atomic mass is 35.5. The van der Waals surface area contributed by atoms with Crippen molar-refractivity contribution in [2.45, 2.75) is 45.6 Å². The first-order chi connectivity index (χ1) is 11.7. The molecule has 0 aromatic heterocycles. The van der Waals surface area contributed by atoms with Crippen molar-refractivity contribution in [1.82, 2.24) is 5.32 Å². The second-order valence-corrected chi connectivity index (χ2v) is 7.55. The smallest absolute Gasteiger partial charge is 0.0406 e. The minimum atomic E-state index is 0.768. The molecule has 24 heavy (non-hydrogen) atoms. The summed E-state index contributed by atoms with van der Waals surface area (Å²) >= 11 is 5.98. The molecule has 1 aliphatic carbocycles.